The molecular formula is C12H13F3N2O3. The maximum Gasteiger partial charge on any atom is 0.329 e. The van der Waals surface area contributed by atoms with E-state index in [1.807, 2.05) is 5.32 Å². The van der Waals surface area contributed by atoms with Crippen molar-refractivity contribution in [3.05, 3.63) is 29.6 Å². The summed E-state index contributed by atoms with van der Waals surface area (Å²) in [5.74, 6) is -5.01. The molecule has 0 aliphatic rings. The zero-order chi connectivity index (χ0) is 15.7. The molecule has 2 amide bonds. The van der Waals surface area contributed by atoms with E-state index in [-0.39, 0.29) is 0 Å². The number of rotatable bonds is 3. The zero-order valence-corrected chi connectivity index (χ0v) is 11.0. The first-order chi connectivity index (χ1) is 9.07. The average Bonchev–Trinajstić information content (AvgIpc) is 2.32. The minimum atomic E-state index is -1.59. The predicted molar refractivity (Wildman–Crippen MR) is 64.8 cm³/mol. The summed E-state index contributed by atoms with van der Waals surface area (Å²) in [6, 6.07) is -0.232. The van der Waals surface area contributed by atoms with Crippen LogP contribution in [0.5, 0.6) is 0 Å². The van der Waals surface area contributed by atoms with Crippen LogP contribution < -0.4 is 5.32 Å². The van der Waals surface area contributed by atoms with Crippen LogP contribution >= 0.6 is 0 Å². The van der Waals surface area contributed by atoms with Gasteiger partial charge in [0.1, 0.15) is 17.0 Å². The van der Waals surface area contributed by atoms with Crippen LogP contribution in [-0.4, -0.2) is 34.6 Å². The van der Waals surface area contributed by atoms with Gasteiger partial charge in [-0.05, 0) is 13.8 Å². The third kappa shape index (κ3) is 3.01. The molecule has 8 heteroatoms. The van der Waals surface area contributed by atoms with Gasteiger partial charge in [0, 0.05) is 19.2 Å². The van der Waals surface area contributed by atoms with Gasteiger partial charge in [-0.2, -0.15) is 0 Å². The highest BCUT2D eigenvalue weighted by Crippen LogP contribution is 2.22. The van der Waals surface area contributed by atoms with Gasteiger partial charge in [0.25, 0.3) is 0 Å². The molecule has 0 radical (unpaired) electrons. The summed E-state index contributed by atoms with van der Waals surface area (Å²) in [4.78, 5) is 23.5. The van der Waals surface area contributed by atoms with Crippen LogP contribution in [0.15, 0.2) is 12.1 Å². The van der Waals surface area contributed by atoms with Crippen molar-refractivity contribution in [3.63, 3.8) is 0 Å². The lowest BCUT2D eigenvalue weighted by Gasteiger charge is -2.31. The standard InChI is InChI=1S/C12H13F3N2O3/c1-12(2,10(18)19)17(3)11(20)16-9-7(14)4-6(13)5-8(9)15/h4-5H,1-3H3,(H,16,20)(H,18,19). The fourth-order valence-electron chi connectivity index (χ4n) is 1.25. The number of hydrogen-bond acceptors (Lipinski definition) is 2. The van der Waals surface area contributed by atoms with E-state index < -0.39 is 40.7 Å². The van der Waals surface area contributed by atoms with E-state index in [4.69, 9.17) is 5.11 Å². The molecule has 0 heterocycles. The Kier molecular flexibility index (Phi) is 4.26. The first-order valence-electron chi connectivity index (χ1n) is 5.50. The van der Waals surface area contributed by atoms with E-state index in [1.165, 1.54) is 13.8 Å². The van der Waals surface area contributed by atoms with Crippen LogP contribution in [0.25, 0.3) is 0 Å². The van der Waals surface area contributed by atoms with Crippen LogP contribution in [0, 0.1) is 17.5 Å². The second kappa shape index (κ2) is 5.40. The van der Waals surface area contributed by atoms with Gasteiger partial charge in [-0.15, -0.1) is 0 Å². The fraction of sp³-hybridized carbons (Fsp3) is 0.333. The lowest BCUT2D eigenvalue weighted by Crippen LogP contribution is -2.52. The summed E-state index contributed by atoms with van der Waals surface area (Å²) in [6.45, 7) is 2.48. The molecule has 1 aromatic rings. The molecule has 0 bridgehead atoms. The molecule has 0 aliphatic carbocycles. The molecule has 0 unspecified atom stereocenters. The molecule has 0 atom stereocenters. The lowest BCUT2D eigenvalue weighted by molar-refractivity contribution is -0.146. The number of hydrogen-bond donors (Lipinski definition) is 2. The number of urea groups is 1. The van der Waals surface area contributed by atoms with Crippen LogP contribution in [0.1, 0.15) is 13.8 Å². The molecule has 2 N–H and O–H groups in total. The molecule has 1 aromatic carbocycles. The minimum Gasteiger partial charge on any atom is -0.480 e. The van der Waals surface area contributed by atoms with Gasteiger partial charge in [-0.25, -0.2) is 22.8 Å². The van der Waals surface area contributed by atoms with Crippen molar-refractivity contribution < 1.29 is 27.9 Å². The van der Waals surface area contributed by atoms with Gasteiger partial charge in [0.15, 0.2) is 11.6 Å². The van der Waals surface area contributed by atoms with E-state index >= 15 is 0 Å². The molecule has 5 nitrogen and oxygen atoms in total. The molecule has 0 fully saturated rings. The van der Waals surface area contributed by atoms with Crippen molar-refractivity contribution in [2.75, 3.05) is 12.4 Å². The Hall–Kier alpha value is -2.25. The maximum absolute atomic E-state index is 13.4. The summed E-state index contributed by atoms with van der Waals surface area (Å²) in [6.07, 6.45) is 0. The Morgan fingerprint density at radius 1 is 1.20 bits per heavy atom. The smallest absolute Gasteiger partial charge is 0.329 e. The number of carbonyl (C=O) groups is 2. The molecule has 0 aliphatic heterocycles. The van der Waals surface area contributed by atoms with E-state index in [1.54, 1.807) is 0 Å². The molecular weight excluding hydrogens is 277 g/mol. The Bertz CT molecular complexity index is 538. The summed E-state index contributed by atoms with van der Waals surface area (Å²) in [5.41, 5.74) is -2.43. The first-order valence-corrected chi connectivity index (χ1v) is 5.50. The van der Waals surface area contributed by atoms with Crippen molar-refractivity contribution >= 4 is 17.7 Å². The normalized spacial score (nSPS) is 11.1. The van der Waals surface area contributed by atoms with Crippen LogP contribution in [0.4, 0.5) is 23.7 Å². The molecule has 110 valence electrons. The second-order valence-corrected chi connectivity index (χ2v) is 4.60. The van der Waals surface area contributed by atoms with Gasteiger partial charge in [-0.3, -0.25) is 0 Å². The molecule has 0 saturated carbocycles. The van der Waals surface area contributed by atoms with Gasteiger partial charge < -0.3 is 15.3 Å². The third-order valence-electron chi connectivity index (χ3n) is 2.91. The van der Waals surface area contributed by atoms with Gasteiger partial charge >= 0.3 is 12.0 Å². The number of halogens is 3. The number of anilines is 1. The predicted octanol–water partition coefficient (Wildman–Crippen LogP) is 2.43. The monoisotopic (exact) mass is 290 g/mol. The van der Waals surface area contributed by atoms with E-state index in [2.05, 4.69) is 0 Å². The van der Waals surface area contributed by atoms with E-state index in [0.29, 0.717) is 12.1 Å². The Balaban J connectivity index is 3.00. The molecule has 0 aromatic heterocycles. The molecule has 1 rings (SSSR count). The summed E-state index contributed by atoms with van der Waals surface area (Å²) in [5, 5.41) is 10.8. The van der Waals surface area contributed by atoms with Crippen LogP contribution in [-0.2, 0) is 4.79 Å². The minimum absolute atomic E-state index is 0.404. The number of aliphatic carboxylic acids is 1. The van der Waals surface area contributed by atoms with Crippen molar-refractivity contribution in [3.8, 4) is 0 Å². The quantitative estimate of drug-likeness (QED) is 0.898. The zero-order valence-electron chi connectivity index (χ0n) is 11.0. The highest BCUT2D eigenvalue weighted by Gasteiger charge is 2.35. The Morgan fingerprint density at radius 3 is 2.05 bits per heavy atom. The van der Waals surface area contributed by atoms with Crippen LogP contribution in [0.2, 0.25) is 0 Å². The van der Waals surface area contributed by atoms with Crippen LogP contribution in [0.3, 0.4) is 0 Å². The van der Waals surface area contributed by atoms with Crippen molar-refractivity contribution in [1.82, 2.24) is 4.90 Å². The van der Waals surface area contributed by atoms with E-state index in [0.717, 1.165) is 11.9 Å². The number of nitrogens with one attached hydrogen (secondary N) is 1. The number of carbonyl (C=O) groups excluding carboxylic acids is 1. The number of likely N-dealkylation sites (N-methyl/N-ethyl adjacent to an activating group) is 1. The first kappa shape index (κ1) is 15.8. The number of carboxylic acids is 1. The topological polar surface area (TPSA) is 69.6 Å². The van der Waals surface area contributed by atoms with Gasteiger partial charge in [0.05, 0.1) is 0 Å². The second-order valence-electron chi connectivity index (χ2n) is 4.60. The summed E-state index contributed by atoms with van der Waals surface area (Å²) in [7, 11) is 1.16. The number of nitrogens with zero attached hydrogens (tertiary/aromatic N) is 1. The maximum atomic E-state index is 13.4. The third-order valence-corrected chi connectivity index (χ3v) is 2.91. The summed E-state index contributed by atoms with van der Waals surface area (Å²) >= 11 is 0. The van der Waals surface area contributed by atoms with Crippen molar-refractivity contribution in [2.24, 2.45) is 0 Å². The molecule has 0 spiro atoms. The van der Waals surface area contributed by atoms with Crippen molar-refractivity contribution in [1.29, 1.82) is 0 Å². The largest absolute Gasteiger partial charge is 0.480 e. The van der Waals surface area contributed by atoms with Gasteiger partial charge in [0.2, 0.25) is 0 Å². The molecule has 20 heavy (non-hydrogen) atoms. The Morgan fingerprint density at radius 2 is 1.65 bits per heavy atom. The number of amides is 2. The highest BCUT2D eigenvalue weighted by molar-refractivity contribution is 5.93. The highest BCUT2D eigenvalue weighted by atomic mass is 19.1. The van der Waals surface area contributed by atoms with Gasteiger partial charge in [-0.1, -0.05) is 0 Å². The number of carboxylic acid groups (broad SMARTS) is 1. The van der Waals surface area contributed by atoms with Crippen molar-refractivity contribution in [2.45, 2.75) is 19.4 Å². The van der Waals surface area contributed by atoms with E-state index in [9.17, 15) is 22.8 Å². The summed E-state index contributed by atoms with van der Waals surface area (Å²) < 4.78 is 39.4. The lowest BCUT2D eigenvalue weighted by atomic mass is 10.1. The number of benzene rings is 1. The SMILES string of the molecule is CN(C(=O)Nc1c(F)cc(F)cc1F)C(C)(C)C(=O)O. The Labute approximate surface area is 113 Å². The average molecular weight is 290 g/mol. The molecule has 0 saturated heterocycles. The fourth-order valence-corrected chi connectivity index (χ4v) is 1.25.